The van der Waals surface area contributed by atoms with Crippen molar-refractivity contribution >= 4 is 5.78 Å². The minimum Gasteiger partial charge on any atom is -0.495 e. The highest BCUT2D eigenvalue weighted by atomic mass is 16.5. The summed E-state index contributed by atoms with van der Waals surface area (Å²) in [6.07, 6.45) is 2.66. The first kappa shape index (κ1) is 9.22. The maximum Gasteiger partial charge on any atom is 0.149 e. The minimum absolute atomic E-state index is 0.224. The van der Waals surface area contributed by atoms with Crippen LogP contribution in [0.5, 0.6) is 0 Å². The second-order valence-corrected chi connectivity index (χ2v) is 2.91. The Labute approximate surface area is 71.0 Å². The fourth-order valence-electron chi connectivity index (χ4n) is 1.09. The number of ketones is 1. The molecule has 68 valence electrons. The van der Waals surface area contributed by atoms with Crippen LogP contribution in [0.15, 0.2) is 12.3 Å². The fraction of sp³-hybridized carbons (Fsp3) is 0.625. The maximum atomic E-state index is 10.8. The molecule has 12 heavy (non-hydrogen) atoms. The number of aliphatic hydroxyl groups excluding tert-OH is 1. The molecule has 3 atom stereocenters. The summed E-state index contributed by atoms with van der Waals surface area (Å²) in [5, 5.41) is 9.48. The first-order valence-electron chi connectivity index (χ1n) is 3.87. The molecule has 1 unspecified atom stereocenters. The van der Waals surface area contributed by atoms with Crippen molar-refractivity contribution in [3.05, 3.63) is 12.3 Å². The smallest absolute Gasteiger partial charge is 0.149 e. The molecule has 3 N–H and O–H groups in total. The van der Waals surface area contributed by atoms with Gasteiger partial charge in [0.05, 0.1) is 12.3 Å². The summed E-state index contributed by atoms with van der Waals surface area (Å²) in [6, 6.07) is -0.838. The van der Waals surface area contributed by atoms with Gasteiger partial charge < -0.3 is 15.6 Å². The molecule has 1 aliphatic rings. The quantitative estimate of drug-likeness (QED) is 0.604. The predicted octanol–water partition coefficient (Wildman–Crippen LogP) is -0.434. The van der Waals surface area contributed by atoms with Gasteiger partial charge in [0.1, 0.15) is 18.0 Å². The van der Waals surface area contributed by atoms with Gasteiger partial charge in [-0.05, 0) is 13.0 Å². The zero-order chi connectivity index (χ0) is 9.14. The number of hydrogen-bond donors (Lipinski definition) is 2. The Hall–Kier alpha value is -0.870. The lowest BCUT2D eigenvalue weighted by Crippen LogP contribution is -2.47. The van der Waals surface area contributed by atoms with E-state index in [-0.39, 0.29) is 11.9 Å². The highest BCUT2D eigenvalue weighted by Crippen LogP contribution is 2.14. The largest absolute Gasteiger partial charge is 0.495 e. The Morgan fingerprint density at radius 3 is 2.92 bits per heavy atom. The molecule has 1 heterocycles. The van der Waals surface area contributed by atoms with Crippen molar-refractivity contribution in [2.75, 3.05) is 0 Å². The second kappa shape index (κ2) is 3.69. The monoisotopic (exact) mass is 171 g/mol. The third-order valence-corrected chi connectivity index (χ3v) is 1.94. The summed E-state index contributed by atoms with van der Waals surface area (Å²) < 4.78 is 5.02. The average Bonchev–Trinajstić information content (AvgIpc) is 2.53. The molecular weight excluding hydrogens is 158 g/mol. The number of rotatable bonds is 3. The van der Waals surface area contributed by atoms with Crippen LogP contribution < -0.4 is 5.73 Å². The lowest BCUT2D eigenvalue weighted by molar-refractivity contribution is -0.122. The molecule has 0 saturated heterocycles. The van der Waals surface area contributed by atoms with E-state index in [1.165, 1.54) is 13.2 Å². The van der Waals surface area contributed by atoms with Crippen molar-refractivity contribution in [2.45, 2.75) is 31.6 Å². The van der Waals surface area contributed by atoms with Crippen LogP contribution in [0.4, 0.5) is 0 Å². The average molecular weight is 171 g/mol. The van der Waals surface area contributed by atoms with Crippen LogP contribution >= 0.6 is 0 Å². The molecule has 0 aromatic carbocycles. The van der Waals surface area contributed by atoms with Crippen LogP contribution in [-0.2, 0) is 9.53 Å². The third-order valence-electron chi connectivity index (χ3n) is 1.94. The van der Waals surface area contributed by atoms with Gasteiger partial charge in [-0.2, -0.15) is 0 Å². The van der Waals surface area contributed by atoms with Gasteiger partial charge in [-0.15, -0.1) is 0 Å². The van der Waals surface area contributed by atoms with Crippen LogP contribution in [0.2, 0.25) is 0 Å². The Bertz CT molecular complexity index is 194. The molecule has 0 aromatic heterocycles. The van der Waals surface area contributed by atoms with Crippen molar-refractivity contribution in [3.63, 3.8) is 0 Å². The predicted molar refractivity (Wildman–Crippen MR) is 43.3 cm³/mol. The molecule has 1 rings (SSSR count). The molecule has 0 amide bonds. The molecule has 4 nitrogen and oxygen atoms in total. The molecule has 0 aromatic rings. The van der Waals surface area contributed by atoms with Gasteiger partial charge in [-0.25, -0.2) is 0 Å². The van der Waals surface area contributed by atoms with E-state index in [2.05, 4.69) is 0 Å². The van der Waals surface area contributed by atoms with Crippen LogP contribution in [0, 0.1) is 0 Å². The molecule has 1 aliphatic heterocycles. The Morgan fingerprint density at radius 1 is 1.83 bits per heavy atom. The molecule has 0 bridgehead atoms. The molecule has 0 aliphatic carbocycles. The van der Waals surface area contributed by atoms with Crippen LogP contribution in [0.3, 0.4) is 0 Å². The summed E-state index contributed by atoms with van der Waals surface area (Å²) in [5.74, 6) is -0.224. The van der Waals surface area contributed by atoms with Crippen molar-refractivity contribution in [1.29, 1.82) is 0 Å². The van der Waals surface area contributed by atoms with Crippen molar-refractivity contribution in [3.8, 4) is 0 Å². The van der Waals surface area contributed by atoms with E-state index in [0.717, 1.165) is 0 Å². The van der Waals surface area contributed by atoms with Crippen molar-refractivity contribution in [1.82, 2.24) is 0 Å². The van der Waals surface area contributed by atoms with Crippen molar-refractivity contribution < 1.29 is 14.6 Å². The van der Waals surface area contributed by atoms with Gasteiger partial charge in [-0.3, -0.25) is 4.79 Å². The summed E-state index contributed by atoms with van der Waals surface area (Å²) in [6.45, 7) is 1.36. The molecule has 0 radical (unpaired) electrons. The Balaban J connectivity index is 2.46. The van der Waals surface area contributed by atoms with Gasteiger partial charge in [0, 0.05) is 6.42 Å². The topological polar surface area (TPSA) is 72.6 Å². The number of aliphatic hydroxyl groups is 1. The van der Waals surface area contributed by atoms with E-state index >= 15 is 0 Å². The number of carbonyl (C=O) groups is 1. The zero-order valence-electron chi connectivity index (χ0n) is 6.93. The number of Topliss-reactive ketones (excluding diaryl/α,β-unsaturated/α-hetero) is 1. The maximum absolute atomic E-state index is 10.8. The van der Waals surface area contributed by atoms with Crippen LogP contribution in [0.25, 0.3) is 0 Å². The van der Waals surface area contributed by atoms with E-state index in [9.17, 15) is 9.90 Å². The lowest BCUT2D eigenvalue weighted by Gasteiger charge is -2.21. The van der Waals surface area contributed by atoms with E-state index in [1.807, 2.05) is 0 Å². The van der Waals surface area contributed by atoms with Gasteiger partial charge in [0.2, 0.25) is 0 Å². The van der Waals surface area contributed by atoms with Gasteiger partial charge in [0.15, 0.2) is 0 Å². The standard InChI is InChI=1S/C8H13NO3/c1-5(10)7(9)8(11)6-3-2-4-12-6/h2,4,6-8,11H,3,9H2,1H3/t6?,7-,8+/m1/s1. The minimum atomic E-state index is -0.905. The molecule has 4 heteroatoms. The summed E-state index contributed by atoms with van der Waals surface area (Å²) in [4.78, 5) is 10.8. The Morgan fingerprint density at radius 2 is 2.50 bits per heavy atom. The fourth-order valence-corrected chi connectivity index (χ4v) is 1.09. The summed E-state index contributed by atoms with van der Waals surface area (Å²) >= 11 is 0. The molecular formula is C8H13NO3. The second-order valence-electron chi connectivity index (χ2n) is 2.91. The number of nitrogens with two attached hydrogens (primary N) is 1. The van der Waals surface area contributed by atoms with Crippen LogP contribution in [-0.4, -0.2) is 29.1 Å². The van der Waals surface area contributed by atoms with E-state index in [0.29, 0.717) is 6.42 Å². The lowest BCUT2D eigenvalue weighted by atomic mass is 10.0. The van der Waals surface area contributed by atoms with Gasteiger partial charge in [-0.1, -0.05) is 0 Å². The Kier molecular flexibility index (Phi) is 2.83. The normalized spacial score (nSPS) is 26.4. The van der Waals surface area contributed by atoms with Crippen LogP contribution in [0.1, 0.15) is 13.3 Å². The van der Waals surface area contributed by atoms with Gasteiger partial charge >= 0.3 is 0 Å². The highest BCUT2D eigenvalue weighted by molar-refractivity contribution is 5.81. The SMILES string of the molecule is CC(=O)[C@@H](N)[C@@H](O)C1CC=CO1. The number of carbonyl (C=O) groups excluding carboxylic acids is 1. The zero-order valence-corrected chi connectivity index (χ0v) is 6.93. The molecule has 0 saturated carbocycles. The number of hydrogen-bond acceptors (Lipinski definition) is 4. The third kappa shape index (κ3) is 1.84. The van der Waals surface area contributed by atoms with Gasteiger partial charge in [0.25, 0.3) is 0 Å². The molecule has 0 spiro atoms. The van der Waals surface area contributed by atoms with Crippen molar-refractivity contribution in [2.24, 2.45) is 5.73 Å². The van der Waals surface area contributed by atoms with E-state index in [4.69, 9.17) is 10.5 Å². The number of ether oxygens (including phenoxy) is 1. The molecule has 0 fully saturated rings. The van der Waals surface area contributed by atoms with E-state index in [1.54, 1.807) is 6.08 Å². The summed E-state index contributed by atoms with van der Waals surface area (Å²) in [7, 11) is 0. The first-order valence-corrected chi connectivity index (χ1v) is 3.87. The summed E-state index contributed by atoms with van der Waals surface area (Å²) in [5.41, 5.74) is 5.43. The highest BCUT2D eigenvalue weighted by Gasteiger charge is 2.29. The first-order chi connectivity index (χ1) is 5.63. The van der Waals surface area contributed by atoms with E-state index < -0.39 is 12.1 Å².